The minimum absolute atomic E-state index is 0.0411. The van der Waals surface area contributed by atoms with Crippen LogP contribution in [-0.4, -0.2) is 31.7 Å². The SMILES string of the molecule is CCCCCCCCOCCCCCCCC(OC(C)C)OC(C)C. The molecule has 152 valence electrons. The molecule has 0 N–H and O–H groups in total. The van der Waals surface area contributed by atoms with E-state index in [4.69, 9.17) is 14.2 Å². The highest BCUT2D eigenvalue weighted by Gasteiger charge is 2.12. The van der Waals surface area contributed by atoms with E-state index in [1.807, 2.05) is 0 Å². The van der Waals surface area contributed by atoms with Gasteiger partial charge in [0.25, 0.3) is 0 Å². The van der Waals surface area contributed by atoms with E-state index in [0.29, 0.717) is 0 Å². The summed E-state index contributed by atoms with van der Waals surface area (Å²) in [4.78, 5) is 0. The maximum atomic E-state index is 5.83. The summed E-state index contributed by atoms with van der Waals surface area (Å²) in [7, 11) is 0. The molecule has 25 heavy (non-hydrogen) atoms. The van der Waals surface area contributed by atoms with Crippen LogP contribution in [0, 0.1) is 0 Å². The minimum atomic E-state index is -0.0411. The molecule has 0 aliphatic heterocycles. The molecule has 0 fully saturated rings. The van der Waals surface area contributed by atoms with E-state index in [1.54, 1.807) is 0 Å². The molecule has 3 heteroatoms. The van der Waals surface area contributed by atoms with Gasteiger partial charge in [0, 0.05) is 13.2 Å². The Labute approximate surface area is 158 Å². The lowest BCUT2D eigenvalue weighted by molar-refractivity contribution is -0.184. The van der Waals surface area contributed by atoms with Crippen LogP contribution in [0.1, 0.15) is 112 Å². The molecule has 3 nitrogen and oxygen atoms in total. The third kappa shape index (κ3) is 20.0. The van der Waals surface area contributed by atoms with Crippen LogP contribution in [0.4, 0.5) is 0 Å². The molecule has 0 saturated heterocycles. The number of hydrogen-bond donors (Lipinski definition) is 0. The van der Waals surface area contributed by atoms with Gasteiger partial charge in [0.05, 0.1) is 12.2 Å². The lowest BCUT2D eigenvalue weighted by atomic mass is 10.1. The van der Waals surface area contributed by atoms with Gasteiger partial charge < -0.3 is 14.2 Å². The predicted molar refractivity (Wildman–Crippen MR) is 108 cm³/mol. The van der Waals surface area contributed by atoms with Crippen molar-refractivity contribution >= 4 is 0 Å². The van der Waals surface area contributed by atoms with Crippen LogP contribution in [-0.2, 0) is 14.2 Å². The smallest absolute Gasteiger partial charge is 0.158 e. The first kappa shape index (κ1) is 24.9. The minimum Gasteiger partial charge on any atom is -0.381 e. The molecule has 0 aliphatic rings. The summed E-state index contributed by atoms with van der Waals surface area (Å²) in [6.07, 6.45) is 15.7. The third-order valence-corrected chi connectivity index (χ3v) is 4.22. The Morgan fingerprint density at radius 3 is 1.48 bits per heavy atom. The fourth-order valence-electron chi connectivity index (χ4n) is 2.91. The highest BCUT2D eigenvalue weighted by atomic mass is 16.7. The monoisotopic (exact) mass is 358 g/mol. The van der Waals surface area contributed by atoms with Crippen LogP contribution in [0.2, 0.25) is 0 Å². The van der Waals surface area contributed by atoms with Gasteiger partial charge in [-0.05, 0) is 53.4 Å². The molecule has 0 amide bonds. The zero-order chi connectivity index (χ0) is 18.8. The van der Waals surface area contributed by atoms with E-state index < -0.39 is 0 Å². The first-order valence-electron chi connectivity index (χ1n) is 10.9. The second-order valence-electron chi connectivity index (χ2n) is 7.74. The summed E-state index contributed by atoms with van der Waals surface area (Å²) in [6.45, 7) is 12.4. The summed E-state index contributed by atoms with van der Waals surface area (Å²) in [6, 6.07) is 0. The average molecular weight is 359 g/mol. The Balaban J connectivity index is 3.33. The Morgan fingerprint density at radius 1 is 0.560 bits per heavy atom. The van der Waals surface area contributed by atoms with Gasteiger partial charge in [-0.15, -0.1) is 0 Å². The van der Waals surface area contributed by atoms with Crippen LogP contribution < -0.4 is 0 Å². The van der Waals surface area contributed by atoms with Crippen LogP contribution in [0.15, 0.2) is 0 Å². The van der Waals surface area contributed by atoms with E-state index in [1.165, 1.54) is 70.6 Å². The maximum Gasteiger partial charge on any atom is 0.158 e. The van der Waals surface area contributed by atoms with E-state index in [2.05, 4.69) is 34.6 Å². The standard InChI is InChI=1S/C22H46O3/c1-6-7-8-9-12-15-18-23-19-16-13-10-11-14-17-22(24-20(2)3)25-21(4)5/h20-22H,6-19H2,1-5H3. The summed E-state index contributed by atoms with van der Waals surface area (Å²) >= 11 is 0. The van der Waals surface area contributed by atoms with E-state index in [0.717, 1.165) is 19.6 Å². The normalized spacial score (nSPS) is 12.0. The lowest BCUT2D eigenvalue weighted by Gasteiger charge is -2.23. The van der Waals surface area contributed by atoms with Gasteiger partial charge in [0.1, 0.15) is 0 Å². The Kier molecular flexibility index (Phi) is 18.6. The Morgan fingerprint density at radius 2 is 1.00 bits per heavy atom. The predicted octanol–water partition coefficient (Wildman–Crippen LogP) is 6.88. The maximum absolute atomic E-state index is 5.83. The molecule has 0 saturated carbocycles. The van der Waals surface area contributed by atoms with E-state index >= 15 is 0 Å². The van der Waals surface area contributed by atoms with Crippen molar-refractivity contribution < 1.29 is 14.2 Å². The van der Waals surface area contributed by atoms with Crippen LogP contribution in [0.5, 0.6) is 0 Å². The summed E-state index contributed by atoms with van der Waals surface area (Å²) in [5, 5.41) is 0. The molecule has 0 aliphatic carbocycles. The van der Waals surface area contributed by atoms with Gasteiger partial charge in [-0.3, -0.25) is 0 Å². The van der Waals surface area contributed by atoms with Crippen LogP contribution in [0.3, 0.4) is 0 Å². The molecule has 0 spiro atoms. The van der Waals surface area contributed by atoms with Crippen molar-refractivity contribution in [2.75, 3.05) is 13.2 Å². The topological polar surface area (TPSA) is 27.7 Å². The summed E-state index contributed by atoms with van der Waals surface area (Å²) < 4.78 is 17.4. The zero-order valence-electron chi connectivity index (χ0n) is 17.9. The van der Waals surface area contributed by atoms with Gasteiger partial charge in [0.2, 0.25) is 0 Å². The molecule has 0 bridgehead atoms. The van der Waals surface area contributed by atoms with E-state index in [-0.39, 0.29) is 18.5 Å². The molecule has 0 heterocycles. The van der Waals surface area contributed by atoms with Crippen LogP contribution >= 0.6 is 0 Å². The number of rotatable bonds is 19. The van der Waals surface area contributed by atoms with Crippen molar-refractivity contribution in [3.63, 3.8) is 0 Å². The van der Waals surface area contributed by atoms with Gasteiger partial charge >= 0.3 is 0 Å². The molecule has 0 atom stereocenters. The van der Waals surface area contributed by atoms with Crippen molar-refractivity contribution in [3.05, 3.63) is 0 Å². The molecule has 0 aromatic rings. The van der Waals surface area contributed by atoms with Crippen molar-refractivity contribution in [2.24, 2.45) is 0 Å². The lowest BCUT2D eigenvalue weighted by Crippen LogP contribution is -2.24. The Hall–Kier alpha value is -0.120. The molecule has 0 aromatic carbocycles. The van der Waals surface area contributed by atoms with Crippen molar-refractivity contribution in [2.45, 2.75) is 130 Å². The second-order valence-corrected chi connectivity index (χ2v) is 7.74. The number of unbranched alkanes of at least 4 members (excludes halogenated alkanes) is 9. The van der Waals surface area contributed by atoms with E-state index in [9.17, 15) is 0 Å². The van der Waals surface area contributed by atoms with Gasteiger partial charge in [-0.2, -0.15) is 0 Å². The van der Waals surface area contributed by atoms with Crippen molar-refractivity contribution in [1.29, 1.82) is 0 Å². The largest absolute Gasteiger partial charge is 0.381 e. The zero-order valence-corrected chi connectivity index (χ0v) is 17.9. The first-order chi connectivity index (χ1) is 12.1. The van der Waals surface area contributed by atoms with Gasteiger partial charge in [-0.1, -0.05) is 58.3 Å². The highest BCUT2D eigenvalue weighted by molar-refractivity contribution is 4.53. The molecule has 0 rings (SSSR count). The van der Waals surface area contributed by atoms with Crippen molar-refractivity contribution in [3.8, 4) is 0 Å². The molecule has 0 radical (unpaired) electrons. The fourth-order valence-corrected chi connectivity index (χ4v) is 2.91. The van der Waals surface area contributed by atoms with Crippen LogP contribution in [0.25, 0.3) is 0 Å². The van der Waals surface area contributed by atoms with Gasteiger partial charge in [-0.25, -0.2) is 0 Å². The third-order valence-electron chi connectivity index (χ3n) is 4.22. The fraction of sp³-hybridized carbons (Fsp3) is 1.00. The number of hydrogen-bond acceptors (Lipinski definition) is 3. The second kappa shape index (κ2) is 18.7. The average Bonchev–Trinajstić information content (AvgIpc) is 2.54. The highest BCUT2D eigenvalue weighted by Crippen LogP contribution is 2.14. The number of ether oxygens (including phenoxy) is 3. The molecule has 0 unspecified atom stereocenters. The first-order valence-corrected chi connectivity index (χ1v) is 10.9. The summed E-state index contributed by atoms with van der Waals surface area (Å²) in [5.41, 5.74) is 0. The molecular formula is C22H46O3. The van der Waals surface area contributed by atoms with Gasteiger partial charge in [0.15, 0.2) is 6.29 Å². The van der Waals surface area contributed by atoms with Crippen molar-refractivity contribution in [1.82, 2.24) is 0 Å². The quantitative estimate of drug-likeness (QED) is 0.186. The molecule has 0 aromatic heterocycles. The molecular weight excluding hydrogens is 312 g/mol. The summed E-state index contributed by atoms with van der Waals surface area (Å²) in [5.74, 6) is 0. The Bertz CT molecular complexity index is 244.